The van der Waals surface area contributed by atoms with Gasteiger partial charge in [0.1, 0.15) is 23.7 Å². The van der Waals surface area contributed by atoms with E-state index in [1.54, 1.807) is 41.3 Å². The lowest BCUT2D eigenvalue weighted by atomic mass is 9.74. The van der Waals surface area contributed by atoms with Crippen molar-refractivity contribution in [2.75, 3.05) is 24.6 Å². The van der Waals surface area contributed by atoms with Gasteiger partial charge in [0, 0.05) is 23.7 Å². The molecule has 10 nitrogen and oxygen atoms in total. The van der Waals surface area contributed by atoms with Crippen LogP contribution in [0.1, 0.15) is 37.9 Å². The molecule has 11 heteroatoms. The third-order valence-corrected chi connectivity index (χ3v) is 9.46. The first kappa shape index (κ1) is 31.0. The Hall–Kier alpha value is -3.99. The number of aliphatic hydroxyl groups is 1. The monoisotopic (exact) mass is 633 g/mol. The minimum absolute atomic E-state index is 0.0517. The number of ether oxygens (including phenoxy) is 2. The van der Waals surface area contributed by atoms with Crippen molar-refractivity contribution in [2.24, 2.45) is 11.8 Å². The smallest absolute Gasteiger partial charge is 0.313 e. The standard InChI is InChI=1S/C34H36ClN3O7/c1-2-23(20-39)38-30-32(42)37(24-14-12-22(35)13-15-24)18-8-4-7-11-27(40)36-19-26(21-9-5-3-6-10-21)44-33(43)28-25-16-17-34(30,45-25)29(28)31(38)41/h3-6,8-10,12-17,23,25-26,28-30,39H,2,7,11,18-20H2,1H3,(H,36,40)/b8-4-/t23-,25-,26-,28+,29+,30-,34+/m0/s1. The van der Waals surface area contributed by atoms with Crippen LogP contribution < -0.4 is 10.2 Å². The Morgan fingerprint density at radius 2 is 1.80 bits per heavy atom. The largest absolute Gasteiger partial charge is 0.455 e. The predicted octanol–water partition coefficient (Wildman–Crippen LogP) is 3.35. The number of nitrogens with one attached hydrogen (secondary N) is 1. The summed E-state index contributed by atoms with van der Waals surface area (Å²) in [7, 11) is 0. The Bertz CT molecular complexity index is 1510. The fraction of sp³-hybridized carbons (Fsp3) is 0.412. The molecule has 5 bridgehead atoms. The highest BCUT2D eigenvalue weighted by molar-refractivity contribution is 6.30. The number of benzene rings is 2. The molecule has 2 fully saturated rings. The maximum atomic E-state index is 14.8. The van der Waals surface area contributed by atoms with Crippen molar-refractivity contribution in [2.45, 2.75) is 56.1 Å². The molecule has 2 N–H and O–H groups in total. The van der Waals surface area contributed by atoms with E-state index in [0.29, 0.717) is 29.1 Å². The number of cyclic esters (lactones) is 1. The molecule has 4 aliphatic heterocycles. The van der Waals surface area contributed by atoms with Gasteiger partial charge in [0.15, 0.2) is 0 Å². The van der Waals surface area contributed by atoms with Crippen LogP contribution in [0.4, 0.5) is 5.69 Å². The van der Waals surface area contributed by atoms with E-state index in [4.69, 9.17) is 21.1 Å². The maximum Gasteiger partial charge on any atom is 0.313 e. The van der Waals surface area contributed by atoms with Gasteiger partial charge in [-0.05, 0) is 42.7 Å². The number of halogens is 1. The second-order valence-electron chi connectivity index (χ2n) is 11.8. The van der Waals surface area contributed by atoms with Gasteiger partial charge in [-0.2, -0.15) is 0 Å². The normalized spacial score (nSPS) is 31.5. The Morgan fingerprint density at radius 3 is 2.51 bits per heavy atom. The topological polar surface area (TPSA) is 125 Å². The molecule has 0 radical (unpaired) electrons. The maximum absolute atomic E-state index is 14.8. The average Bonchev–Trinajstić information content (AvgIpc) is 3.69. The van der Waals surface area contributed by atoms with Crippen LogP contribution >= 0.6 is 11.6 Å². The summed E-state index contributed by atoms with van der Waals surface area (Å²) in [6, 6.07) is 14.0. The number of likely N-dealkylation sites (tertiary alicyclic amines) is 1. The molecule has 2 aromatic rings. The highest BCUT2D eigenvalue weighted by Gasteiger charge is 2.74. The molecule has 2 aromatic carbocycles. The van der Waals surface area contributed by atoms with Crippen LogP contribution in [-0.4, -0.2) is 77.2 Å². The van der Waals surface area contributed by atoms with Gasteiger partial charge < -0.3 is 29.7 Å². The molecule has 0 unspecified atom stereocenters. The van der Waals surface area contributed by atoms with Gasteiger partial charge in [0.05, 0.1) is 31.2 Å². The summed E-state index contributed by atoms with van der Waals surface area (Å²) in [5.41, 5.74) is -0.202. The van der Waals surface area contributed by atoms with E-state index < -0.39 is 59.5 Å². The van der Waals surface area contributed by atoms with Crippen LogP contribution in [0.25, 0.3) is 0 Å². The van der Waals surface area contributed by atoms with Crippen molar-refractivity contribution in [3.05, 3.63) is 89.5 Å². The second-order valence-corrected chi connectivity index (χ2v) is 12.2. The van der Waals surface area contributed by atoms with E-state index in [1.807, 2.05) is 49.4 Å². The first-order valence-corrected chi connectivity index (χ1v) is 15.7. The molecular formula is C34H36ClN3O7. The summed E-state index contributed by atoms with van der Waals surface area (Å²) >= 11 is 6.16. The van der Waals surface area contributed by atoms with Crippen molar-refractivity contribution in [3.8, 4) is 0 Å². The van der Waals surface area contributed by atoms with Gasteiger partial charge in [0.2, 0.25) is 11.8 Å². The molecule has 4 heterocycles. The average molecular weight is 634 g/mol. The number of anilines is 1. The molecule has 1 spiro atoms. The molecule has 3 amide bonds. The number of amides is 3. The highest BCUT2D eigenvalue weighted by atomic mass is 35.5. The van der Waals surface area contributed by atoms with E-state index in [9.17, 15) is 24.3 Å². The zero-order chi connectivity index (χ0) is 31.7. The number of hydrogen-bond acceptors (Lipinski definition) is 7. The summed E-state index contributed by atoms with van der Waals surface area (Å²) in [6.07, 6.45) is 6.50. The van der Waals surface area contributed by atoms with E-state index in [-0.39, 0.29) is 32.0 Å². The fourth-order valence-electron chi connectivity index (χ4n) is 6.98. The summed E-state index contributed by atoms with van der Waals surface area (Å²) in [5, 5.41) is 13.7. The molecule has 0 aromatic heterocycles. The second kappa shape index (κ2) is 12.8. The van der Waals surface area contributed by atoms with Gasteiger partial charge in [-0.15, -0.1) is 0 Å². The molecule has 4 aliphatic rings. The van der Waals surface area contributed by atoms with Gasteiger partial charge in [-0.1, -0.05) is 73.2 Å². The molecule has 6 rings (SSSR count). The summed E-state index contributed by atoms with van der Waals surface area (Å²) in [6.45, 7) is 1.66. The van der Waals surface area contributed by atoms with Crippen LogP contribution in [0.15, 0.2) is 78.9 Å². The number of hydrogen-bond donors (Lipinski definition) is 2. The lowest BCUT2D eigenvalue weighted by Gasteiger charge is -2.38. The van der Waals surface area contributed by atoms with Gasteiger partial charge in [-0.3, -0.25) is 19.2 Å². The third kappa shape index (κ3) is 5.55. The minimum atomic E-state index is -1.44. The van der Waals surface area contributed by atoms with Crippen molar-refractivity contribution in [1.82, 2.24) is 10.2 Å². The van der Waals surface area contributed by atoms with Crippen LogP contribution in [-0.2, 0) is 28.7 Å². The third-order valence-electron chi connectivity index (χ3n) is 9.20. The van der Waals surface area contributed by atoms with Crippen molar-refractivity contribution in [3.63, 3.8) is 0 Å². The predicted molar refractivity (Wildman–Crippen MR) is 166 cm³/mol. The van der Waals surface area contributed by atoms with E-state index in [2.05, 4.69) is 5.32 Å². The zero-order valence-electron chi connectivity index (χ0n) is 24.9. The van der Waals surface area contributed by atoms with Crippen LogP contribution in [0.5, 0.6) is 0 Å². The Morgan fingerprint density at radius 1 is 1.04 bits per heavy atom. The number of nitrogens with zero attached hydrogens (tertiary/aromatic N) is 2. The van der Waals surface area contributed by atoms with E-state index in [1.165, 1.54) is 4.90 Å². The summed E-state index contributed by atoms with van der Waals surface area (Å²) < 4.78 is 12.5. The van der Waals surface area contributed by atoms with Gasteiger partial charge in [0.25, 0.3) is 5.91 Å². The number of rotatable bonds is 5. The molecule has 2 saturated heterocycles. The number of aliphatic hydroxyl groups excluding tert-OH is 1. The van der Waals surface area contributed by atoms with Crippen LogP contribution in [0.2, 0.25) is 5.02 Å². The first-order valence-electron chi connectivity index (χ1n) is 15.3. The zero-order valence-corrected chi connectivity index (χ0v) is 25.6. The van der Waals surface area contributed by atoms with E-state index in [0.717, 1.165) is 0 Å². The quantitative estimate of drug-likeness (QED) is 0.382. The molecule has 45 heavy (non-hydrogen) atoms. The first-order chi connectivity index (χ1) is 21.8. The molecule has 236 valence electrons. The molecule has 7 atom stereocenters. The number of carbonyl (C=O) groups is 4. The number of fused-ring (bicyclic) bond motifs is 2. The molecule has 0 saturated carbocycles. The van der Waals surface area contributed by atoms with Crippen LogP contribution in [0, 0.1) is 11.8 Å². The number of esters is 1. The lowest BCUT2D eigenvalue weighted by molar-refractivity contribution is -0.160. The fourth-order valence-corrected chi connectivity index (χ4v) is 7.10. The van der Waals surface area contributed by atoms with Crippen molar-refractivity contribution < 1.29 is 33.8 Å². The number of allylic oxidation sites excluding steroid dienone is 1. The van der Waals surface area contributed by atoms with Crippen molar-refractivity contribution in [1.29, 1.82) is 0 Å². The van der Waals surface area contributed by atoms with Gasteiger partial charge in [-0.25, -0.2) is 0 Å². The van der Waals surface area contributed by atoms with Gasteiger partial charge >= 0.3 is 5.97 Å². The van der Waals surface area contributed by atoms with Crippen molar-refractivity contribution >= 4 is 41.0 Å². The van der Waals surface area contributed by atoms with E-state index >= 15 is 0 Å². The Balaban J connectivity index is 1.45. The number of carbonyl (C=O) groups excluding carboxylic acids is 4. The summed E-state index contributed by atoms with van der Waals surface area (Å²) in [4.78, 5) is 58.9. The highest BCUT2D eigenvalue weighted by Crippen LogP contribution is 2.56. The Labute approximate surface area is 266 Å². The molecular weight excluding hydrogens is 598 g/mol. The van der Waals surface area contributed by atoms with Crippen LogP contribution in [0.3, 0.4) is 0 Å². The molecule has 0 aliphatic carbocycles. The lowest BCUT2D eigenvalue weighted by Crippen LogP contribution is -2.58. The SMILES string of the molecule is CC[C@@H](CO)N1C(=O)[C@H]2[C@@H]3C(=O)O[C@H](c4ccccc4)CNC(=O)CC/C=C\CN(c4ccc(Cl)cc4)C(=O)[C@H]1[C@@]21C=C[C@@H]3O1. The Kier molecular flexibility index (Phi) is 8.81. The summed E-state index contributed by atoms with van der Waals surface area (Å²) in [5.74, 6) is -3.80. The minimum Gasteiger partial charge on any atom is -0.455 e.